The maximum absolute atomic E-state index is 12.2. The Morgan fingerprint density at radius 1 is 1.30 bits per heavy atom. The van der Waals surface area contributed by atoms with Gasteiger partial charge in [0.1, 0.15) is 5.82 Å². The lowest BCUT2D eigenvalue weighted by atomic mass is 10.1. The third-order valence-corrected chi connectivity index (χ3v) is 5.16. The summed E-state index contributed by atoms with van der Waals surface area (Å²) in [5.41, 5.74) is 2.52. The van der Waals surface area contributed by atoms with Crippen LogP contribution in [0.2, 0.25) is 0 Å². The molecule has 122 valence electrons. The molecule has 0 aliphatic carbocycles. The van der Waals surface area contributed by atoms with Crippen LogP contribution >= 0.6 is 10.7 Å². The van der Waals surface area contributed by atoms with Crippen LogP contribution in [0.4, 0.5) is 5.82 Å². The van der Waals surface area contributed by atoms with Gasteiger partial charge in [0.15, 0.2) is 5.65 Å². The number of anilines is 1. The Morgan fingerprint density at radius 2 is 2.04 bits per heavy atom. The molecule has 0 spiro atoms. The van der Waals surface area contributed by atoms with E-state index in [1.165, 1.54) is 4.90 Å². The van der Waals surface area contributed by atoms with E-state index in [0.29, 0.717) is 18.0 Å². The van der Waals surface area contributed by atoms with Gasteiger partial charge in [0.05, 0.1) is 5.75 Å². The van der Waals surface area contributed by atoms with E-state index in [1.807, 2.05) is 26.0 Å². The van der Waals surface area contributed by atoms with Crippen molar-refractivity contribution in [1.82, 2.24) is 9.97 Å². The van der Waals surface area contributed by atoms with Crippen molar-refractivity contribution in [3.8, 4) is 0 Å². The Morgan fingerprint density at radius 3 is 2.74 bits per heavy atom. The van der Waals surface area contributed by atoms with Gasteiger partial charge in [-0.15, -0.1) is 0 Å². The third-order valence-electron chi connectivity index (χ3n) is 3.91. The fraction of sp³-hybridized carbons (Fsp3) is 0.400. The summed E-state index contributed by atoms with van der Waals surface area (Å²) in [6, 6.07) is 5.63. The molecular formula is C15H16ClN3O3S. The zero-order chi connectivity index (χ0) is 16.8. The SMILES string of the molecule is Cc1cc(C)c2ccc(N3CC(CS(=O)(=O)Cl)CC3=O)nc2n1. The van der Waals surface area contributed by atoms with Crippen molar-refractivity contribution >= 4 is 42.5 Å². The summed E-state index contributed by atoms with van der Waals surface area (Å²) in [7, 11) is 1.66. The molecular weight excluding hydrogens is 338 g/mol. The van der Waals surface area contributed by atoms with Crippen LogP contribution in [0.1, 0.15) is 17.7 Å². The Kier molecular flexibility index (Phi) is 4.01. The van der Waals surface area contributed by atoms with Crippen molar-refractivity contribution in [1.29, 1.82) is 0 Å². The van der Waals surface area contributed by atoms with Crippen LogP contribution in [-0.4, -0.2) is 36.6 Å². The van der Waals surface area contributed by atoms with Crippen molar-refractivity contribution in [2.45, 2.75) is 20.3 Å². The van der Waals surface area contributed by atoms with Gasteiger partial charge < -0.3 is 0 Å². The number of pyridine rings is 2. The number of hydrogen-bond donors (Lipinski definition) is 0. The van der Waals surface area contributed by atoms with Gasteiger partial charge in [0.2, 0.25) is 15.0 Å². The average molecular weight is 354 g/mol. The van der Waals surface area contributed by atoms with Crippen molar-refractivity contribution in [2.24, 2.45) is 5.92 Å². The number of amides is 1. The highest BCUT2D eigenvalue weighted by Gasteiger charge is 2.33. The fourth-order valence-electron chi connectivity index (χ4n) is 2.97. The molecule has 2 aromatic heterocycles. The monoisotopic (exact) mass is 353 g/mol. The number of rotatable bonds is 3. The number of hydrogen-bond acceptors (Lipinski definition) is 5. The van der Waals surface area contributed by atoms with E-state index in [0.717, 1.165) is 16.6 Å². The van der Waals surface area contributed by atoms with Crippen LogP contribution in [0.3, 0.4) is 0 Å². The molecule has 1 aliphatic rings. The zero-order valence-electron chi connectivity index (χ0n) is 12.8. The summed E-state index contributed by atoms with van der Waals surface area (Å²) < 4.78 is 22.4. The van der Waals surface area contributed by atoms with E-state index < -0.39 is 9.05 Å². The summed E-state index contributed by atoms with van der Waals surface area (Å²) >= 11 is 0. The number of aromatic nitrogens is 2. The maximum Gasteiger partial charge on any atom is 0.232 e. The van der Waals surface area contributed by atoms with Crippen LogP contribution in [0.5, 0.6) is 0 Å². The Labute approximate surface area is 138 Å². The van der Waals surface area contributed by atoms with Gasteiger partial charge in [-0.3, -0.25) is 9.69 Å². The molecule has 1 saturated heterocycles. The second-order valence-electron chi connectivity index (χ2n) is 5.90. The molecule has 1 amide bonds. The zero-order valence-corrected chi connectivity index (χ0v) is 14.4. The van der Waals surface area contributed by atoms with Gasteiger partial charge in [0, 0.05) is 40.6 Å². The molecule has 1 unspecified atom stereocenters. The van der Waals surface area contributed by atoms with E-state index in [1.54, 1.807) is 6.07 Å². The third kappa shape index (κ3) is 3.45. The van der Waals surface area contributed by atoms with Gasteiger partial charge >= 0.3 is 0 Å². The summed E-state index contributed by atoms with van der Waals surface area (Å²) in [5.74, 6) is -0.170. The van der Waals surface area contributed by atoms with E-state index >= 15 is 0 Å². The van der Waals surface area contributed by atoms with Gasteiger partial charge in [0.25, 0.3) is 0 Å². The lowest BCUT2D eigenvalue weighted by Crippen LogP contribution is -2.26. The van der Waals surface area contributed by atoms with Crippen molar-refractivity contribution < 1.29 is 13.2 Å². The minimum absolute atomic E-state index is 0.147. The van der Waals surface area contributed by atoms with Crippen molar-refractivity contribution in [2.75, 3.05) is 17.2 Å². The number of carbonyl (C=O) groups excluding carboxylic acids is 1. The summed E-state index contributed by atoms with van der Waals surface area (Å²) in [6.45, 7) is 4.18. The molecule has 6 nitrogen and oxygen atoms in total. The predicted molar refractivity (Wildman–Crippen MR) is 89.1 cm³/mol. The first kappa shape index (κ1) is 16.1. The second kappa shape index (κ2) is 5.72. The lowest BCUT2D eigenvalue weighted by Gasteiger charge is -2.16. The molecule has 0 radical (unpaired) electrons. The highest BCUT2D eigenvalue weighted by atomic mass is 35.7. The first-order valence-corrected chi connectivity index (χ1v) is 9.68. The predicted octanol–water partition coefficient (Wildman–Crippen LogP) is 2.17. The molecule has 8 heteroatoms. The standard InChI is InChI=1S/C15H16ClN3O3S/c1-9-5-10(2)17-15-12(9)3-4-13(18-15)19-7-11(6-14(19)20)8-23(16,21)22/h3-5,11H,6-8H2,1-2H3. The normalized spacial score (nSPS) is 18.8. The van der Waals surface area contributed by atoms with E-state index in [9.17, 15) is 13.2 Å². The highest BCUT2D eigenvalue weighted by Crippen LogP contribution is 2.27. The van der Waals surface area contributed by atoms with E-state index in [2.05, 4.69) is 9.97 Å². The molecule has 3 heterocycles. The lowest BCUT2D eigenvalue weighted by molar-refractivity contribution is -0.117. The van der Waals surface area contributed by atoms with Crippen LogP contribution in [0.15, 0.2) is 18.2 Å². The summed E-state index contributed by atoms with van der Waals surface area (Å²) in [4.78, 5) is 22.6. The first-order valence-electron chi connectivity index (χ1n) is 7.20. The van der Waals surface area contributed by atoms with Crippen LogP contribution in [0, 0.1) is 19.8 Å². The van der Waals surface area contributed by atoms with Crippen LogP contribution in [-0.2, 0) is 13.8 Å². The maximum atomic E-state index is 12.2. The van der Waals surface area contributed by atoms with Crippen LogP contribution < -0.4 is 4.90 Å². The molecule has 1 atom stereocenters. The van der Waals surface area contributed by atoms with Gasteiger partial charge in [-0.2, -0.15) is 0 Å². The fourth-order valence-corrected chi connectivity index (χ4v) is 4.29. The van der Waals surface area contributed by atoms with E-state index in [-0.39, 0.29) is 24.0 Å². The van der Waals surface area contributed by atoms with E-state index in [4.69, 9.17) is 10.7 Å². The topological polar surface area (TPSA) is 80.2 Å². The van der Waals surface area contributed by atoms with Crippen molar-refractivity contribution in [3.05, 3.63) is 29.5 Å². The summed E-state index contributed by atoms with van der Waals surface area (Å²) in [6.07, 6.45) is 0.159. The molecule has 2 aromatic rings. The Hall–Kier alpha value is -1.73. The molecule has 0 aromatic carbocycles. The van der Waals surface area contributed by atoms with Gasteiger partial charge in [-0.05, 0) is 37.6 Å². The quantitative estimate of drug-likeness (QED) is 0.790. The molecule has 1 aliphatic heterocycles. The molecule has 3 rings (SSSR count). The molecule has 0 N–H and O–H groups in total. The highest BCUT2D eigenvalue weighted by molar-refractivity contribution is 8.13. The number of fused-ring (bicyclic) bond motifs is 1. The molecule has 23 heavy (non-hydrogen) atoms. The van der Waals surface area contributed by atoms with Crippen molar-refractivity contribution in [3.63, 3.8) is 0 Å². The summed E-state index contributed by atoms with van der Waals surface area (Å²) in [5, 5.41) is 0.936. The Balaban J connectivity index is 1.93. The number of nitrogens with zero attached hydrogens (tertiary/aromatic N) is 3. The Bertz CT molecular complexity index is 898. The van der Waals surface area contributed by atoms with Crippen LogP contribution in [0.25, 0.3) is 11.0 Å². The molecule has 1 fully saturated rings. The van der Waals surface area contributed by atoms with Gasteiger partial charge in [-0.25, -0.2) is 18.4 Å². The first-order chi connectivity index (χ1) is 10.7. The number of aryl methyl sites for hydroxylation is 2. The average Bonchev–Trinajstić information content (AvgIpc) is 2.76. The minimum atomic E-state index is -3.62. The minimum Gasteiger partial charge on any atom is -0.296 e. The second-order valence-corrected chi connectivity index (χ2v) is 8.72. The molecule has 0 saturated carbocycles. The number of carbonyl (C=O) groups is 1. The number of halogens is 1. The smallest absolute Gasteiger partial charge is 0.232 e. The van der Waals surface area contributed by atoms with Gasteiger partial charge in [-0.1, -0.05) is 0 Å². The largest absolute Gasteiger partial charge is 0.296 e. The molecule has 0 bridgehead atoms.